The van der Waals surface area contributed by atoms with E-state index in [1.54, 1.807) is 27.0 Å². The number of benzene rings is 1. The molecule has 1 aromatic carbocycles. The molecule has 2 atom stereocenters. The largest absolute Gasteiger partial charge is 0.385 e. The quantitative estimate of drug-likeness (QED) is 0.405. The number of carbonyl (C=O) groups is 1. The number of alkyl halides is 2. The van der Waals surface area contributed by atoms with Gasteiger partial charge in [0.05, 0.1) is 22.8 Å². The van der Waals surface area contributed by atoms with Crippen LogP contribution in [0.2, 0.25) is 0 Å². The highest BCUT2D eigenvalue weighted by Gasteiger charge is 2.42. The molecular formula is C25H30F3N5O3. The first-order valence-electron chi connectivity index (χ1n) is 11.9. The van der Waals surface area contributed by atoms with Gasteiger partial charge in [-0.2, -0.15) is 0 Å². The van der Waals surface area contributed by atoms with Crippen LogP contribution in [0.1, 0.15) is 67.6 Å². The van der Waals surface area contributed by atoms with Crippen molar-refractivity contribution in [3.05, 3.63) is 52.1 Å². The van der Waals surface area contributed by atoms with E-state index in [-0.39, 0.29) is 30.2 Å². The molecule has 1 fully saturated rings. The number of hydrogen-bond donors (Lipinski definition) is 5. The molecule has 2 heterocycles. The monoisotopic (exact) mass is 505 g/mol. The van der Waals surface area contributed by atoms with E-state index in [1.165, 1.54) is 12.1 Å². The van der Waals surface area contributed by atoms with E-state index in [2.05, 4.69) is 25.9 Å². The Balaban J connectivity index is 1.66. The van der Waals surface area contributed by atoms with E-state index in [9.17, 15) is 28.2 Å². The number of fused-ring (bicyclic) bond motifs is 1. The van der Waals surface area contributed by atoms with Crippen LogP contribution in [0.15, 0.2) is 23.8 Å². The minimum atomic E-state index is -2.94. The number of aliphatic hydroxyl groups excluding tert-OH is 1. The molecule has 0 radical (unpaired) electrons. The molecule has 36 heavy (non-hydrogen) atoms. The Morgan fingerprint density at radius 3 is 2.53 bits per heavy atom. The molecule has 1 aliphatic heterocycles. The number of carbonyl (C=O) groups excluding carboxylic acids is 1. The standard InChI is InChI=1S/C25H30F3N5O3/c1-12(15-5-4-6-16(19(15)26)20(27)28)30-21-17-11-18(24(35)33-22(17)32-13(2)31-21)25(36)9-7-14(8-10-25)23(34)29-3/h4-6,11-12,14,20,24,35-36H,7-10H2,1-3H3,(H,29,34)(H2,30,31,32,33)/t12-,14?,24?,25?/m1/s1. The maximum Gasteiger partial charge on any atom is 0.266 e. The summed E-state index contributed by atoms with van der Waals surface area (Å²) in [5.74, 6) is -0.291. The van der Waals surface area contributed by atoms with Gasteiger partial charge in [-0.15, -0.1) is 0 Å². The van der Waals surface area contributed by atoms with E-state index in [0.29, 0.717) is 41.4 Å². The SMILES string of the molecule is CNC(=O)C1CCC(O)(C2=Cc3c(nc(C)nc3N[C@H](C)c3cccc(C(F)F)c3F)NC2O)CC1. The van der Waals surface area contributed by atoms with E-state index < -0.39 is 35.7 Å². The second kappa shape index (κ2) is 10.1. The van der Waals surface area contributed by atoms with Crippen molar-refractivity contribution in [2.45, 2.75) is 63.8 Å². The van der Waals surface area contributed by atoms with Crippen LogP contribution < -0.4 is 16.0 Å². The number of halogens is 3. The molecule has 4 rings (SSSR count). The molecule has 5 N–H and O–H groups in total. The number of aryl methyl sites for hydroxylation is 1. The van der Waals surface area contributed by atoms with E-state index in [1.807, 2.05) is 0 Å². The molecule has 194 valence electrons. The Morgan fingerprint density at radius 2 is 1.89 bits per heavy atom. The molecule has 1 amide bonds. The Labute approximate surface area is 207 Å². The summed E-state index contributed by atoms with van der Waals surface area (Å²) in [4.78, 5) is 20.8. The number of amides is 1. The Hall–Kier alpha value is -3.18. The molecule has 1 unspecified atom stereocenters. The van der Waals surface area contributed by atoms with Crippen LogP contribution in [-0.2, 0) is 4.79 Å². The van der Waals surface area contributed by atoms with Crippen LogP contribution in [0, 0.1) is 18.7 Å². The number of anilines is 2. The third kappa shape index (κ3) is 4.90. The van der Waals surface area contributed by atoms with Gasteiger partial charge in [-0.05, 0) is 45.6 Å². The summed E-state index contributed by atoms with van der Waals surface area (Å²) in [7, 11) is 1.57. The molecule has 0 bridgehead atoms. The molecule has 1 aromatic heterocycles. The van der Waals surface area contributed by atoms with Gasteiger partial charge in [-0.3, -0.25) is 4.79 Å². The summed E-state index contributed by atoms with van der Waals surface area (Å²) in [6, 6.07) is 3.12. The first-order chi connectivity index (χ1) is 17.0. The van der Waals surface area contributed by atoms with Gasteiger partial charge in [0.15, 0.2) is 6.23 Å². The number of aromatic nitrogens is 2. The van der Waals surface area contributed by atoms with Crippen LogP contribution in [0.5, 0.6) is 0 Å². The maximum atomic E-state index is 14.7. The van der Waals surface area contributed by atoms with Gasteiger partial charge < -0.3 is 26.2 Å². The Morgan fingerprint density at radius 1 is 1.22 bits per heavy atom. The molecule has 2 aromatic rings. The lowest BCUT2D eigenvalue weighted by atomic mass is 9.73. The fraction of sp³-hybridized carbons (Fsp3) is 0.480. The van der Waals surface area contributed by atoms with E-state index in [0.717, 1.165) is 6.07 Å². The lowest BCUT2D eigenvalue weighted by Crippen LogP contribution is -2.45. The fourth-order valence-corrected chi connectivity index (χ4v) is 4.97. The summed E-state index contributed by atoms with van der Waals surface area (Å²) in [5.41, 5.74) is -1.21. The van der Waals surface area contributed by atoms with Crippen LogP contribution in [0.3, 0.4) is 0 Å². The zero-order chi connectivity index (χ0) is 26.2. The van der Waals surface area contributed by atoms with Crippen molar-refractivity contribution in [1.82, 2.24) is 15.3 Å². The third-order valence-electron chi connectivity index (χ3n) is 7.01. The minimum absolute atomic E-state index is 0.0528. The number of rotatable bonds is 6. The van der Waals surface area contributed by atoms with Crippen molar-refractivity contribution in [1.29, 1.82) is 0 Å². The van der Waals surface area contributed by atoms with Gasteiger partial charge >= 0.3 is 0 Å². The predicted octanol–water partition coefficient (Wildman–Crippen LogP) is 3.83. The van der Waals surface area contributed by atoms with Crippen LogP contribution in [-0.4, -0.2) is 45.0 Å². The third-order valence-corrected chi connectivity index (χ3v) is 7.01. The average Bonchev–Trinajstić information content (AvgIpc) is 2.83. The van der Waals surface area contributed by atoms with Crippen molar-refractivity contribution in [2.75, 3.05) is 17.7 Å². The molecule has 11 heteroatoms. The highest BCUT2D eigenvalue weighted by molar-refractivity contribution is 5.80. The Kier molecular flexibility index (Phi) is 7.24. The van der Waals surface area contributed by atoms with Crippen LogP contribution in [0.4, 0.5) is 24.8 Å². The zero-order valence-electron chi connectivity index (χ0n) is 20.3. The number of aliphatic hydroxyl groups is 2. The van der Waals surface area contributed by atoms with Crippen molar-refractivity contribution in [3.63, 3.8) is 0 Å². The van der Waals surface area contributed by atoms with Gasteiger partial charge in [-0.25, -0.2) is 23.1 Å². The van der Waals surface area contributed by atoms with Crippen LogP contribution >= 0.6 is 0 Å². The highest BCUT2D eigenvalue weighted by Crippen LogP contribution is 2.43. The van der Waals surface area contributed by atoms with Gasteiger partial charge in [0.25, 0.3) is 6.43 Å². The predicted molar refractivity (Wildman–Crippen MR) is 129 cm³/mol. The van der Waals surface area contributed by atoms with Crippen molar-refractivity contribution < 1.29 is 28.2 Å². The first-order valence-corrected chi connectivity index (χ1v) is 11.9. The summed E-state index contributed by atoms with van der Waals surface area (Å²) in [5, 5.41) is 30.8. The lowest BCUT2D eigenvalue weighted by Gasteiger charge is -2.40. The van der Waals surface area contributed by atoms with Gasteiger partial charge in [0, 0.05) is 24.1 Å². The van der Waals surface area contributed by atoms with Gasteiger partial charge in [0.1, 0.15) is 23.3 Å². The molecule has 2 aliphatic rings. The lowest BCUT2D eigenvalue weighted by molar-refractivity contribution is -0.126. The minimum Gasteiger partial charge on any atom is -0.385 e. The summed E-state index contributed by atoms with van der Waals surface area (Å²) < 4.78 is 41.1. The van der Waals surface area contributed by atoms with E-state index >= 15 is 0 Å². The highest BCUT2D eigenvalue weighted by atomic mass is 19.3. The second-order valence-corrected chi connectivity index (χ2v) is 9.37. The maximum absolute atomic E-state index is 14.7. The molecule has 0 saturated heterocycles. The van der Waals surface area contributed by atoms with Gasteiger partial charge in [-0.1, -0.05) is 18.2 Å². The smallest absolute Gasteiger partial charge is 0.266 e. The molecular weight excluding hydrogens is 475 g/mol. The average molecular weight is 506 g/mol. The second-order valence-electron chi connectivity index (χ2n) is 9.37. The van der Waals surface area contributed by atoms with Gasteiger partial charge in [0.2, 0.25) is 5.91 Å². The van der Waals surface area contributed by atoms with Crippen molar-refractivity contribution in [2.24, 2.45) is 5.92 Å². The molecule has 0 spiro atoms. The topological polar surface area (TPSA) is 119 Å². The number of hydrogen-bond acceptors (Lipinski definition) is 7. The Bertz CT molecular complexity index is 1180. The number of nitrogens with zero attached hydrogens (tertiary/aromatic N) is 2. The number of nitrogens with one attached hydrogen (secondary N) is 3. The summed E-state index contributed by atoms with van der Waals surface area (Å²) in [6.07, 6.45) is -1.07. The van der Waals surface area contributed by atoms with E-state index in [4.69, 9.17) is 0 Å². The van der Waals surface area contributed by atoms with Crippen molar-refractivity contribution in [3.8, 4) is 0 Å². The molecule has 1 aliphatic carbocycles. The zero-order valence-corrected chi connectivity index (χ0v) is 20.3. The summed E-state index contributed by atoms with van der Waals surface area (Å²) in [6.45, 7) is 3.27. The summed E-state index contributed by atoms with van der Waals surface area (Å²) >= 11 is 0. The molecule has 1 saturated carbocycles. The fourth-order valence-electron chi connectivity index (χ4n) is 4.97. The van der Waals surface area contributed by atoms with Crippen LogP contribution in [0.25, 0.3) is 6.08 Å². The molecule has 8 nitrogen and oxygen atoms in total. The van der Waals surface area contributed by atoms with Crippen molar-refractivity contribution >= 4 is 23.6 Å². The normalized spacial score (nSPS) is 24.4. The first kappa shape index (κ1) is 25.9.